The van der Waals surface area contributed by atoms with Gasteiger partial charge in [0.25, 0.3) is 0 Å². The van der Waals surface area contributed by atoms with Gasteiger partial charge in [-0.2, -0.15) is 0 Å². The zero-order chi connectivity index (χ0) is 21.1. The van der Waals surface area contributed by atoms with Gasteiger partial charge in [0.2, 0.25) is 5.78 Å². The van der Waals surface area contributed by atoms with E-state index in [1.54, 1.807) is 20.8 Å². The van der Waals surface area contributed by atoms with Gasteiger partial charge in [-0.05, 0) is 76.7 Å². The number of nitrogens with one attached hydrogen (secondary N) is 1. The Morgan fingerprint density at radius 3 is 2.31 bits per heavy atom. The molecular formula is C22H29NO6. The number of esters is 2. The summed E-state index contributed by atoms with van der Waals surface area (Å²) in [7, 11) is 1.29. The molecule has 4 aliphatic rings. The lowest BCUT2D eigenvalue weighted by atomic mass is 9.48. The largest absolute Gasteiger partial charge is 0.465 e. The van der Waals surface area contributed by atoms with E-state index in [1.807, 2.05) is 0 Å². The minimum atomic E-state index is -0.979. The van der Waals surface area contributed by atoms with E-state index < -0.39 is 23.1 Å². The number of methoxy groups -OCH3 is 1. The quantitative estimate of drug-likeness (QED) is 0.578. The van der Waals surface area contributed by atoms with E-state index in [0.717, 1.165) is 32.1 Å². The second-order valence-corrected chi connectivity index (χ2v) is 9.49. The topological polar surface area (TPSA) is 106 Å². The number of hydrogen-bond acceptors (Lipinski definition) is 6. The van der Waals surface area contributed by atoms with Gasteiger partial charge in [0.15, 0.2) is 6.10 Å². The van der Waals surface area contributed by atoms with Crippen LogP contribution in [-0.2, 0) is 14.3 Å². The van der Waals surface area contributed by atoms with Gasteiger partial charge in [0.05, 0.1) is 29.4 Å². The molecule has 0 unspecified atom stereocenters. The predicted molar refractivity (Wildman–Crippen MR) is 104 cm³/mol. The molecule has 158 valence electrons. The number of aryl methyl sites for hydroxylation is 1. The number of ether oxygens (including phenoxy) is 2. The molecule has 1 aromatic rings. The van der Waals surface area contributed by atoms with Crippen LogP contribution in [0.15, 0.2) is 0 Å². The van der Waals surface area contributed by atoms with Crippen molar-refractivity contribution >= 4 is 17.7 Å². The monoisotopic (exact) mass is 403 g/mol. The summed E-state index contributed by atoms with van der Waals surface area (Å²) in [6.45, 7) is 4.93. The molecule has 0 radical (unpaired) electrons. The van der Waals surface area contributed by atoms with E-state index in [2.05, 4.69) is 4.98 Å². The van der Waals surface area contributed by atoms with E-state index >= 15 is 0 Å². The fourth-order valence-corrected chi connectivity index (χ4v) is 6.40. The lowest BCUT2D eigenvalue weighted by Crippen LogP contribution is -2.58. The summed E-state index contributed by atoms with van der Waals surface area (Å²) in [6.07, 6.45) is 3.53. The highest BCUT2D eigenvalue weighted by Gasteiger charge is 2.61. The Balaban J connectivity index is 1.51. The molecule has 7 nitrogen and oxygen atoms in total. The van der Waals surface area contributed by atoms with Crippen LogP contribution in [0.1, 0.15) is 77.6 Å². The fraction of sp³-hybridized carbons (Fsp3) is 0.682. The van der Waals surface area contributed by atoms with Crippen molar-refractivity contribution in [1.29, 1.82) is 0 Å². The van der Waals surface area contributed by atoms with Crippen molar-refractivity contribution in [2.24, 2.45) is 17.3 Å². The normalized spacial score (nSPS) is 33.4. The van der Waals surface area contributed by atoms with Crippen LogP contribution >= 0.6 is 0 Å². The molecule has 2 N–H and O–H groups in total. The molecular weight excluding hydrogens is 374 g/mol. The summed E-state index contributed by atoms with van der Waals surface area (Å²) in [5.74, 6) is -0.550. The highest BCUT2D eigenvalue weighted by atomic mass is 16.5. The highest BCUT2D eigenvalue weighted by Crippen LogP contribution is 2.62. The van der Waals surface area contributed by atoms with Gasteiger partial charge in [-0.3, -0.25) is 9.59 Å². The van der Waals surface area contributed by atoms with Crippen LogP contribution in [0.5, 0.6) is 0 Å². The first-order valence-electron chi connectivity index (χ1n) is 10.3. The number of carbonyl (C=O) groups excluding carboxylic acids is 3. The van der Waals surface area contributed by atoms with Crippen molar-refractivity contribution in [2.75, 3.05) is 7.11 Å². The van der Waals surface area contributed by atoms with Crippen LogP contribution < -0.4 is 0 Å². The van der Waals surface area contributed by atoms with Crippen LogP contribution in [0, 0.1) is 31.1 Å². The van der Waals surface area contributed by atoms with Crippen molar-refractivity contribution in [3.05, 3.63) is 22.5 Å². The molecule has 4 saturated carbocycles. The number of carbonyl (C=O) groups is 3. The molecule has 0 spiro atoms. The third-order valence-corrected chi connectivity index (χ3v) is 7.19. The number of H-pyrrole nitrogens is 1. The minimum absolute atomic E-state index is 0.257. The smallest absolute Gasteiger partial charge is 0.339 e. The standard InChI is InChI=1S/C22H29NO6/c1-11-16(19(25)28-4)12(2)23-17(11)18(24)13(3)29-20(26)21-6-14-5-15(7-21)9-22(27,8-14)10-21/h13-15,23,27H,5-10H2,1-4H3/t13-,14-,15-,21?,22?/m1/s1. The predicted octanol–water partition coefficient (Wildman–Crippen LogP) is 2.86. The maximum atomic E-state index is 13.1. The van der Waals surface area contributed by atoms with Crippen molar-refractivity contribution in [2.45, 2.75) is 71.0 Å². The molecule has 4 aliphatic carbocycles. The first kappa shape index (κ1) is 20.1. The maximum absolute atomic E-state index is 13.1. The molecule has 1 aromatic heterocycles. The van der Waals surface area contributed by atoms with E-state index in [4.69, 9.17) is 9.47 Å². The lowest BCUT2D eigenvalue weighted by molar-refractivity contribution is -0.198. The molecule has 5 rings (SSSR count). The zero-order valence-electron chi connectivity index (χ0n) is 17.5. The summed E-state index contributed by atoms with van der Waals surface area (Å²) in [5, 5.41) is 10.9. The Morgan fingerprint density at radius 2 is 1.76 bits per heavy atom. The number of hydrogen-bond donors (Lipinski definition) is 2. The van der Waals surface area contributed by atoms with Crippen LogP contribution in [0.2, 0.25) is 0 Å². The third-order valence-electron chi connectivity index (χ3n) is 7.19. The molecule has 1 heterocycles. The van der Waals surface area contributed by atoms with E-state index in [0.29, 0.717) is 35.1 Å². The van der Waals surface area contributed by atoms with Crippen LogP contribution in [0.3, 0.4) is 0 Å². The molecule has 3 atom stereocenters. The zero-order valence-corrected chi connectivity index (χ0v) is 17.5. The average molecular weight is 403 g/mol. The summed E-state index contributed by atoms with van der Waals surface area (Å²) >= 11 is 0. The Kier molecular flexibility index (Phi) is 4.64. The van der Waals surface area contributed by atoms with E-state index in [1.165, 1.54) is 7.11 Å². The van der Waals surface area contributed by atoms with Crippen molar-refractivity contribution in [3.63, 3.8) is 0 Å². The molecule has 0 saturated heterocycles. The number of aromatic amines is 1. The second-order valence-electron chi connectivity index (χ2n) is 9.49. The van der Waals surface area contributed by atoms with Crippen LogP contribution in [-0.4, -0.2) is 46.6 Å². The summed E-state index contributed by atoms with van der Waals surface area (Å²) in [4.78, 5) is 41.0. The van der Waals surface area contributed by atoms with Gasteiger partial charge in [0.1, 0.15) is 0 Å². The number of rotatable bonds is 5. The van der Waals surface area contributed by atoms with Gasteiger partial charge in [-0.15, -0.1) is 0 Å². The molecule has 0 amide bonds. The van der Waals surface area contributed by atoms with Crippen molar-refractivity contribution < 1.29 is 29.0 Å². The van der Waals surface area contributed by atoms with Gasteiger partial charge in [0, 0.05) is 5.69 Å². The Labute approximate surface area is 170 Å². The first-order chi connectivity index (χ1) is 13.6. The average Bonchev–Trinajstić information content (AvgIpc) is 2.92. The number of Topliss-reactive ketones (excluding diaryl/α,β-unsaturated/α-hetero) is 1. The lowest BCUT2D eigenvalue weighted by Gasteiger charge is -2.58. The SMILES string of the molecule is COC(=O)c1c(C)[nH]c(C(=O)[C@@H](C)OC(=O)C23C[C@H]4C[C@@H](CC(O)(C4)C2)C3)c1C. The molecule has 0 aromatic carbocycles. The first-order valence-corrected chi connectivity index (χ1v) is 10.3. The summed E-state index contributed by atoms with van der Waals surface area (Å²) < 4.78 is 10.4. The molecule has 0 aliphatic heterocycles. The summed E-state index contributed by atoms with van der Waals surface area (Å²) in [5.41, 5.74) is 0.181. The fourth-order valence-electron chi connectivity index (χ4n) is 6.40. The minimum Gasteiger partial charge on any atom is -0.465 e. The molecule has 4 bridgehead atoms. The summed E-state index contributed by atoms with van der Waals surface area (Å²) in [6, 6.07) is 0. The maximum Gasteiger partial charge on any atom is 0.339 e. The molecule has 29 heavy (non-hydrogen) atoms. The van der Waals surface area contributed by atoms with Gasteiger partial charge >= 0.3 is 11.9 Å². The third kappa shape index (κ3) is 3.19. The Bertz CT molecular complexity index is 870. The van der Waals surface area contributed by atoms with Crippen LogP contribution in [0.4, 0.5) is 0 Å². The van der Waals surface area contributed by atoms with Gasteiger partial charge in [-0.1, -0.05) is 0 Å². The van der Waals surface area contributed by atoms with Gasteiger partial charge < -0.3 is 19.6 Å². The van der Waals surface area contributed by atoms with Gasteiger partial charge in [-0.25, -0.2) is 4.79 Å². The number of aliphatic hydroxyl groups is 1. The Hall–Kier alpha value is -2.15. The van der Waals surface area contributed by atoms with E-state index in [9.17, 15) is 19.5 Å². The van der Waals surface area contributed by atoms with Crippen molar-refractivity contribution in [3.8, 4) is 0 Å². The molecule has 7 heteroatoms. The second kappa shape index (κ2) is 6.69. The highest BCUT2D eigenvalue weighted by molar-refractivity contribution is 6.04. The van der Waals surface area contributed by atoms with Crippen molar-refractivity contribution in [1.82, 2.24) is 4.98 Å². The number of ketones is 1. The number of aromatic nitrogens is 1. The Morgan fingerprint density at radius 1 is 1.14 bits per heavy atom. The molecule has 4 fully saturated rings. The van der Waals surface area contributed by atoms with Crippen LogP contribution in [0.25, 0.3) is 0 Å². The van der Waals surface area contributed by atoms with E-state index in [-0.39, 0.29) is 17.4 Å².